The van der Waals surface area contributed by atoms with Crippen LogP contribution in [0.2, 0.25) is 5.02 Å². The minimum Gasteiger partial charge on any atom is -0.618 e. The second-order valence-electron chi connectivity index (χ2n) is 3.38. The highest BCUT2D eigenvalue weighted by Gasteiger charge is 2.26. The molecule has 0 aliphatic heterocycles. The average molecular weight is 382 g/mol. The van der Waals surface area contributed by atoms with E-state index < -0.39 is 0 Å². The maximum absolute atomic E-state index is 12.1. The van der Waals surface area contributed by atoms with E-state index in [1.807, 2.05) is 0 Å². The maximum atomic E-state index is 12.1. The Kier molecular flexibility index (Phi) is 3.75. The first kappa shape index (κ1) is 12.9. The zero-order valence-electron chi connectivity index (χ0n) is 8.49. The van der Waals surface area contributed by atoms with Gasteiger partial charge in [-0.15, -0.1) is 0 Å². The Hall–Kier alpha value is -0.590. The number of benzene rings is 1. The lowest BCUT2D eigenvalue weighted by atomic mass is 10.2. The van der Waals surface area contributed by atoms with Crippen LogP contribution in [0, 0.1) is 10.4 Å². The van der Waals surface area contributed by atoms with Gasteiger partial charge in [0.05, 0.1) is 10.7 Å². The molecular weight excluding hydrogens is 375 g/mol. The first-order valence-corrected chi connectivity index (χ1v) is 7.30. The first-order valence-electron chi connectivity index (χ1n) is 4.68. The van der Waals surface area contributed by atoms with E-state index in [0.717, 1.165) is 9.46 Å². The summed E-state index contributed by atoms with van der Waals surface area (Å²) >= 11 is 12.3. The molecule has 0 radical (unpaired) electrons. The predicted octanol–water partition coefficient (Wildman–Crippen LogP) is 2.55. The lowest BCUT2D eigenvalue weighted by Crippen LogP contribution is -2.45. The lowest BCUT2D eigenvalue weighted by Gasteiger charge is -2.10. The van der Waals surface area contributed by atoms with Crippen LogP contribution < -0.4 is 9.46 Å². The number of halogens is 3. The molecule has 0 bridgehead atoms. The average Bonchev–Trinajstić information content (AvgIpc) is 2.33. The summed E-state index contributed by atoms with van der Waals surface area (Å²) in [5.74, 6) is 0. The van der Waals surface area contributed by atoms with Crippen LogP contribution in [-0.2, 0) is 10.7 Å². The molecule has 0 unspecified atom stereocenters. The van der Waals surface area contributed by atoms with Crippen LogP contribution in [0.5, 0.6) is 0 Å². The van der Waals surface area contributed by atoms with Crippen LogP contribution in [-0.4, -0.2) is 0 Å². The van der Waals surface area contributed by atoms with E-state index in [1.54, 1.807) is 12.1 Å². The molecule has 1 aromatic heterocycles. The summed E-state index contributed by atoms with van der Waals surface area (Å²) in [4.78, 5) is 0. The number of fused-ring (bicyclic) bond motifs is 1. The quantitative estimate of drug-likeness (QED) is 0.455. The molecule has 2 aromatic rings. The van der Waals surface area contributed by atoms with Gasteiger partial charge in [-0.05, 0) is 6.07 Å². The minimum absolute atomic E-state index is 0.270. The van der Waals surface area contributed by atoms with E-state index in [9.17, 15) is 10.4 Å². The first-order chi connectivity index (χ1) is 8.10. The second kappa shape index (κ2) is 4.96. The maximum Gasteiger partial charge on any atom is 0.291 e. The summed E-state index contributed by atoms with van der Waals surface area (Å²) in [6.45, 7) is 0. The van der Waals surface area contributed by atoms with Gasteiger partial charge >= 0.3 is 0 Å². The molecule has 0 saturated heterocycles. The van der Waals surface area contributed by atoms with Crippen molar-refractivity contribution in [3.05, 3.63) is 45.0 Å². The van der Waals surface area contributed by atoms with Gasteiger partial charge in [0, 0.05) is 17.2 Å². The number of hydrogen-bond donors (Lipinski definition) is 0. The van der Waals surface area contributed by atoms with Crippen LogP contribution in [0.3, 0.4) is 0 Å². The standard InChI is InChI=1S/C10H7Br2ClN2O2/c11-4-9-10(5-12)15(17)8-3-6(13)1-2-7(8)14(9)16/h1-3H,4-5H2. The highest BCUT2D eigenvalue weighted by Crippen LogP contribution is 2.17. The van der Waals surface area contributed by atoms with Crippen molar-refractivity contribution in [1.29, 1.82) is 0 Å². The van der Waals surface area contributed by atoms with Crippen molar-refractivity contribution in [3.8, 4) is 0 Å². The van der Waals surface area contributed by atoms with Gasteiger partial charge in [-0.3, -0.25) is 0 Å². The fraction of sp³-hybridized carbons (Fsp3) is 0.200. The second-order valence-corrected chi connectivity index (χ2v) is 4.94. The van der Waals surface area contributed by atoms with Gasteiger partial charge < -0.3 is 10.4 Å². The highest BCUT2D eigenvalue weighted by molar-refractivity contribution is 9.09. The molecule has 17 heavy (non-hydrogen) atoms. The molecule has 0 saturated carbocycles. The Labute approximate surface area is 119 Å². The van der Waals surface area contributed by atoms with Crippen LogP contribution in [0.15, 0.2) is 18.2 Å². The van der Waals surface area contributed by atoms with Gasteiger partial charge in [-0.25, -0.2) is 0 Å². The summed E-state index contributed by atoms with van der Waals surface area (Å²) in [6.07, 6.45) is 0. The summed E-state index contributed by atoms with van der Waals surface area (Å²) in [5, 5.41) is 25.2. The zero-order valence-corrected chi connectivity index (χ0v) is 12.4. The fourth-order valence-electron chi connectivity index (χ4n) is 1.62. The molecule has 4 nitrogen and oxygen atoms in total. The van der Waals surface area contributed by atoms with Crippen molar-refractivity contribution < 1.29 is 9.46 Å². The van der Waals surface area contributed by atoms with Gasteiger partial charge in [-0.1, -0.05) is 43.5 Å². The Morgan fingerprint density at radius 1 is 1.00 bits per heavy atom. The molecule has 0 aliphatic rings. The van der Waals surface area contributed by atoms with Crippen molar-refractivity contribution in [3.63, 3.8) is 0 Å². The molecule has 0 amide bonds. The van der Waals surface area contributed by atoms with Crippen molar-refractivity contribution in [2.75, 3.05) is 0 Å². The summed E-state index contributed by atoms with van der Waals surface area (Å²) in [5.41, 5.74) is 1.36. The molecule has 1 aromatic carbocycles. The van der Waals surface area contributed by atoms with Gasteiger partial charge in [0.2, 0.25) is 0 Å². The van der Waals surface area contributed by atoms with E-state index in [1.165, 1.54) is 6.07 Å². The topological polar surface area (TPSA) is 53.9 Å². The monoisotopic (exact) mass is 380 g/mol. The molecule has 7 heteroatoms. The van der Waals surface area contributed by atoms with Crippen LogP contribution in [0.1, 0.15) is 11.4 Å². The van der Waals surface area contributed by atoms with Gasteiger partial charge in [0.15, 0.2) is 0 Å². The molecule has 90 valence electrons. The lowest BCUT2D eigenvalue weighted by molar-refractivity contribution is -0.638. The van der Waals surface area contributed by atoms with Gasteiger partial charge in [-0.2, -0.15) is 9.46 Å². The normalized spacial score (nSPS) is 11.0. The highest BCUT2D eigenvalue weighted by atomic mass is 79.9. The Bertz CT molecular complexity index is 592. The smallest absolute Gasteiger partial charge is 0.291 e. The summed E-state index contributed by atoms with van der Waals surface area (Å²) < 4.78 is 1.49. The molecule has 1 heterocycles. The number of hydrogen-bond acceptors (Lipinski definition) is 2. The van der Waals surface area contributed by atoms with Crippen molar-refractivity contribution in [2.45, 2.75) is 10.7 Å². The molecule has 0 N–H and O–H groups in total. The predicted molar refractivity (Wildman–Crippen MR) is 72.1 cm³/mol. The van der Waals surface area contributed by atoms with Gasteiger partial charge in [0.1, 0.15) is 0 Å². The summed E-state index contributed by atoms with van der Waals surface area (Å²) in [6, 6.07) is 4.62. The Balaban J connectivity index is 2.94. The molecular formula is C10H7Br2ClN2O2. The molecule has 0 spiro atoms. The van der Waals surface area contributed by atoms with Crippen molar-refractivity contribution >= 4 is 54.5 Å². The SMILES string of the molecule is [O-][n+]1c(CBr)c(CBr)[n+]([O-])c2cc(Cl)ccc21. The van der Waals surface area contributed by atoms with E-state index in [2.05, 4.69) is 31.9 Å². The number of alkyl halides is 2. The van der Waals surface area contributed by atoms with Crippen molar-refractivity contribution in [1.82, 2.24) is 0 Å². The van der Waals surface area contributed by atoms with Gasteiger partial charge in [0.25, 0.3) is 22.4 Å². The molecule has 0 atom stereocenters. The fourth-order valence-corrected chi connectivity index (χ4v) is 2.89. The molecule has 2 rings (SSSR count). The van der Waals surface area contributed by atoms with E-state index in [0.29, 0.717) is 32.6 Å². The van der Waals surface area contributed by atoms with Crippen LogP contribution >= 0.6 is 43.5 Å². The number of aromatic nitrogens is 2. The molecule has 0 aliphatic carbocycles. The van der Waals surface area contributed by atoms with E-state index in [4.69, 9.17) is 11.6 Å². The van der Waals surface area contributed by atoms with E-state index >= 15 is 0 Å². The number of rotatable bonds is 2. The third kappa shape index (κ3) is 2.09. The van der Waals surface area contributed by atoms with Crippen LogP contribution in [0.25, 0.3) is 11.0 Å². The number of nitrogens with zero attached hydrogens (tertiary/aromatic N) is 2. The summed E-state index contributed by atoms with van der Waals surface area (Å²) in [7, 11) is 0. The largest absolute Gasteiger partial charge is 0.618 e. The Morgan fingerprint density at radius 3 is 2.06 bits per heavy atom. The minimum atomic E-state index is 0.270. The zero-order chi connectivity index (χ0) is 12.6. The van der Waals surface area contributed by atoms with Crippen molar-refractivity contribution in [2.24, 2.45) is 0 Å². The Morgan fingerprint density at radius 2 is 1.53 bits per heavy atom. The van der Waals surface area contributed by atoms with E-state index in [-0.39, 0.29) is 5.52 Å². The third-order valence-electron chi connectivity index (χ3n) is 2.45. The molecule has 0 fully saturated rings. The van der Waals surface area contributed by atoms with Crippen LogP contribution in [0.4, 0.5) is 0 Å². The third-order valence-corrected chi connectivity index (χ3v) is 3.75.